The number of hydrogen-bond donors (Lipinski definition) is 1. The Morgan fingerprint density at radius 1 is 1.50 bits per heavy atom. The fraction of sp³-hybridized carbons (Fsp3) is 0.769. The van der Waals surface area contributed by atoms with E-state index in [1.807, 2.05) is 12.3 Å². The van der Waals surface area contributed by atoms with E-state index in [4.69, 9.17) is 0 Å². The monoisotopic (exact) mass is 269 g/mol. The van der Waals surface area contributed by atoms with E-state index in [1.54, 1.807) is 11.3 Å². The first-order valence-electron chi connectivity index (χ1n) is 6.54. The van der Waals surface area contributed by atoms with Crippen molar-refractivity contribution in [3.8, 4) is 0 Å². The average molecular weight is 269 g/mol. The number of rotatable bonds is 3. The van der Waals surface area contributed by atoms with Crippen LogP contribution in [-0.2, 0) is 6.42 Å². The molecule has 0 aromatic carbocycles. The van der Waals surface area contributed by atoms with Crippen LogP contribution in [0, 0.1) is 6.92 Å². The molecule has 0 bridgehead atoms. The summed E-state index contributed by atoms with van der Waals surface area (Å²) in [6.07, 6.45) is 1.51. The van der Waals surface area contributed by atoms with Crippen LogP contribution in [0.2, 0.25) is 0 Å². The van der Waals surface area contributed by atoms with Gasteiger partial charge in [-0.25, -0.2) is 4.98 Å². The van der Waals surface area contributed by atoms with Crippen LogP contribution in [0.5, 0.6) is 0 Å². The molecule has 102 valence electrons. The van der Waals surface area contributed by atoms with Crippen LogP contribution in [0.3, 0.4) is 0 Å². The number of aliphatic hydroxyl groups is 1. The zero-order valence-electron chi connectivity index (χ0n) is 11.5. The van der Waals surface area contributed by atoms with Crippen molar-refractivity contribution in [1.82, 2.24) is 14.8 Å². The van der Waals surface area contributed by atoms with Crippen molar-refractivity contribution < 1.29 is 5.11 Å². The normalized spacial score (nSPS) is 25.0. The Balaban J connectivity index is 1.99. The molecule has 1 aromatic heterocycles. The molecule has 5 heteroatoms. The lowest BCUT2D eigenvalue weighted by atomic mass is 10.1. The topological polar surface area (TPSA) is 39.6 Å². The molecule has 1 aliphatic rings. The van der Waals surface area contributed by atoms with Gasteiger partial charge in [0.2, 0.25) is 0 Å². The van der Waals surface area contributed by atoms with Crippen molar-refractivity contribution in [2.45, 2.75) is 31.9 Å². The van der Waals surface area contributed by atoms with E-state index in [1.165, 1.54) is 6.42 Å². The number of aromatic nitrogens is 1. The highest BCUT2D eigenvalue weighted by molar-refractivity contribution is 7.09. The van der Waals surface area contributed by atoms with Crippen molar-refractivity contribution in [2.75, 3.05) is 33.7 Å². The molecule has 18 heavy (non-hydrogen) atoms. The minimum absolute atomic E-state index is 0.210. The molecule has 0 amide bonds. The minimum atomic E-state index is -0.332. The van der Waals surface area contributed by atoms with Crippen molar-refractivity contribution in [1.29, 1.82) is 0 Å². The third-order valence-electron chi connectivity index (χ3n) is 3.61. The van der Waals surface area contributed by atoms with Gasteiger partial charge in [-0.15, -0.1) is 11.3 Å². The number of nitrogens with zero attached hydrogens (tertiary/aromatic N) is 3. The molecule has 0 radical (unpaired) electrons. The lowest BCUT2D eigenvalue weighted by Crippen LogP contribution is -2.46. The Hall–Kier alpha value is -0.490. The van der Waals surface area contributed by atoms with Gasteiger partial charge in [-0.3, -0.25) is 4.90 Å². The molecule has 2 unspecified atom stereocenters. The van der Waals surface area contributed by atoms with Crippen LogP contribution in [0.4, 0.5) is 0 Å². The van der Waals surface area contributed by atoms with Gasteiger partial charge in [0.25, 0.3) is 0 Å². The quantitative estimate of drug-likeness (QED) is 0.888. The largest absolute Gasteiger partial charge is 0.391 e. The second-order valence-corrected chi connectivity index (χ2v) is 6.26. The van der Waals surface area contributed by atoms with Crippen LogP contribution in [-0.4, -0.2) is 65.8 Å². The first kappa shape index (κ1) is 13.9. The second kappa shape index (κ2) is 6.10. The van der Waals surface area contributed by atoms with Crippen LogP contribution in [0.25, 0.3) is 0 Å². The van der Waals surface area contributed by atoms with Gasteiger partial charge in [-0.1, -0.05) is 0 Å². The molecular weight excluding hydrogens is 246 g/mol. The van der Waals surface area contributed by atoms with Gasteiger partial charge in [0.05, 0.1) is 11.1 Å². The van der Waals surface area contributed by atoms with Crippen molar-refractivity contribution in [3.05, 3.63) is 16.1 Å². The van der Waals surface area contributed by atoms with E-state index in [0.717, 1.165) is 30.3 Å². The lowest BCUT2D eigenvalue weighted by Gasteiger charge is -2.31. The summed E-state index contributed by atoms with van der Waals surface area (Å²) in [4.78, 5) is 9.04. The standard InChI is InChI=1S/C13H23N3OS/c1-10-9-18-13(14-10)7-12(17)11-8-15(2)5-4-6-16(11)3/h9,11-12,17H,4-8H2,1-3H3. The highest BCUT2D eigenvalue weighted by atomic mass is 32.1. The SMILES string of the molecule is Cc1csc(CC(O)C2CN(C)CCCN2C)n1. The van der Waals surface area contributed by atoms with Crippen LogP contribution in [0.15, 0.2) is 5.38 Å². The average Bonchev–Trinajstić information content (AvgIpc) is 2.62. The van der Waals surface area contributed by atoms with Gasteiger partial charge in [0.1, 0.15) is 0 Å². The van der Waals surface area contributed by atoms with E-state index >= 15 is 0 Å². The zero-order chi connectivity index (χ0) is 13.1. The molecule has 2 heterocycles. The Bertz CT molecular complexity index is 382. The molecule has 1 saturated heterocycles. The summed E-state index contributed by atoms with van der Waals surface area (Å²) < 4.78 is 0. The molecular formula is C13H23N3OS. The summed E-state index contributed by atoms with van der Waals surface area (Å²) in [5.74, 6) is 0. The van der Waals surface area contributed by atoms with Gasteiger partial charge in [-0.2, -0.15) is 0 Å². The molecule has 0 aliphatic carbocycles. The van der Waals surface area contributed by atoms with Crippen LogP contribution < -0.4 is 0 Å². The van der Waals surface area contributed by atoms with E-state index in [2.05, 4.69) is 28.9 Å². The van der Waals surface area contributed by atoms with Gasteiger partial charge < -0.3 is 10.0 Å². The highest BCUT2D eigenvalue weighted by Crippen LogP contribution is 2.16. The number of hydrogen-bond acceptors (Lipinski definition) is 5. The first-order valence-corrected chi connectivity index (χ1v) is 7.42. The van der Waals surface area contributed by atoms with Crippen molar-refractivity contribution in [3.63, 3.8) is 0 Å². The smallest absolute Gasteiger partial charge is 0.0954 e. The van der Waals surface area contributed by atoms with E-state index in [9.17, 15) is 5.11 Å². The molecule has 2 rings (SSSR count). The van der Waals surface area contributed by atoms with Gasteiger partial charge >= 0.3 is 0 Å². The number of aliphatic hydroxyl groups excluding tert-OH is 1. The first-order chi connectivity index (χ1) is 8.56. The third kappa shape index (κ3) is 3.51. The molecule has 1 N–H and O–H groups in total. The van der Waals surface area contributed by atoms with E-state index in [-0.39, 0.29) is 12.1 Å². The molecule has 4 nitrogen and oxygen atoms in total. The summed E-state index contributed by atoms with van der Waals surface area (Å²) in [5.41, 5.74) is 1.05. The lowest BCUT2D eigenvalue weighted by molar-refractivity contribution is 0.0581. The summed E-state index contributed by atoms with van der Waals surface area (Å²) in [6, 6.07) is 0.210. The molecule has 1 aliphatic heterocycles. The van der Waals surface area contributed by atoms with Crippen LogP contribution in [0.1, 0.15) is 17.1 Å². The fourth-order valence-corrected chi connectivity index (χ4v) is 3.36. The van der Waals surface area contributed by atoms with Gasteiger partial charge in [-0.05, 0) is 40.5 Å². The number of aryl methyl sites for hydroxylation is 1. The Morgan fingerprint density at radius 3 is 2.94 bits per heavy atom. The summed E-state index contributed by atoms with van der Waals surface area (Å²) >= 11 is 1.65. The maximum atomic E-state index is 10.4. The molecule has 1 aromatic rings. The maximum Gasteiger partial charge on any atom is 0.0954 e. The maximum absolute atomic E-state index is 10.4. The molecule has 0 saturated carbocycles. The van der Waals surface area contributed by atoms with Gasteiger partial charge in [0.15, 0.2) is 0 Å². The Labute approximate surface area is 113 Å². The number of likely N-dealkylation sites (N-methyl/N-ethyl adjacent to an activating group) is 2. The number of thiazole rings is 1. The molecule has 0 spiro atoms. The Kier molecular flexibility index (Phi) is 4.72. The van der Waals surface area contributed by atoms with E-state index in [0.29, 0.717) is 6.42 Å². The predicted molar refractivity (Wildman–Crippen MR) is 75.1 cm³/mol. The van der Waals surface area contributed by atoms with Crippen molar-refractivity contribution >= 4 is 11.3 Å². The minimum Gasteiger partial charge on any atom is -0.391 e. The van der Waals surface area contributed by atoms with Gasteiger partial charge in [0, 0.05) is 30.1 Å². The van der Waals surface area contributed by atoms with Crippen molar-refractivity contribution in [2.24, 2.45) is 0 Å². The third-order valence-corrected chi connectivity index (χ3v) is 4.60. The summed E-state index contributed by atoms with van der Waals surface area (Å²) in [7, 11) is 4.24. The fourth-order valence-electron chi connectivity index (χ4n) is 2.53. The molecule has 1 fully saturated rings. The van der Waals surface area contributed by atoms with E-state index < -0.39 is 0 Å². The summed E-state index contributed by atoms with van der Waals surface area (Å²) in [6.45, 7) is 5.10. The summed E-state index contributed by atoms with van der Waals surface area (Å²) in [5, 5.41) is 13.5. The van der Waals surface area contributed by atoms with Crippen LogP contribution >= 0.6 is 11.3 Å². The zero-order valence-corrected chi connectivity index (χ0v) is 12.3. The highest BCUT2D eigenvalue weighted by Gasteiger charge is 2.27. The second-order valence-electron chi connectivity index (χ2n) is 5.32. The predicted octanol–water partition coefficient (Wildman–Crippen LogP) is 0.991. The Morgan fingerprint density at radius 2 is 2.28 bits per heavy atom. The molecule has 2 atom stereocenters.